The van der Waals surface area contributed by atoms with Gasteiger partial charge in [0.25, 0.3) is 0 Å². The van der Waals surface area contributed by atoms with Gasteiger partial charge in [-0.1, -0.05) is 103 Å². The second kappa shape index (κ2) is 15.3. The van der Waals surface area contributed by atoms with Crippen molar-refractivity contribution < 1.29 is 14.6 Å². The number of hydrogen-bond donors (Lipinski definition) is 1. The lowest BCUT2D eigenvalue weighted by atomic mass is 9.70. The zero-order valence-corrected chi connectivity index (χ0v) is 20.1. The maximum Gasteiger partial charge on any atom is 0.511 e. The fraction of sp³-hybridized carbons (Fsp3) is 0.750. The monoisotopic (exact) mass is 430 g/mol. The largest absolute Gasteiger partial charge is 0.511 e. The van der Waals surface area contributed by atoms with Gasteiger partial charge in [-0.25, -0.2) is 4.79 Å². The molecule has 3 nitrogen and oxygen atoms in total. The lowest BCUT2D eigenvalue weighted by Gasteiger charge is -2.35. The van der Waals surface area contributed by atoms with Gasteiger partial charge in [-0.05, 0) is 61.1 Å². The summed E-state index contributed by atoms with van der Waals surface area (Å²) in [4.78, 5) is 10.2. The average Bonchev–Trinajstić information content (AvgIpc) is 2.80. The molecule has 0 unspecified atom stereocenters. The number of benzene rings is 1. The molecular formula is C28H46O3. The van der Waals surface area contributed by atoms with E-state index in [9.17, 15) is 4.79 Å². The van der Waals surface area contributed by atoms with Crippen molar-refractivity contribution in [2.24, 2.45) is 17.8 Å². The van der Waals surface area contributed by atoms with Gasteiger partial charge >= 0.3 is 6.16 Å². The van der Waals surface area contributed by atoms with Crippen molar-refractivity contribution in [3.8, 4) is 5.75 Å². The first-order valence-corrected chi connectivity index (χ1v) is 13.1. The molecule has 0 radical (unpaired) electrons. The molecule has 31 heavy (non-hydrogen) atoms. The lowest BCUT2D eigenvalue weighted by Crippen LogP contribution is -2.23. The van der Waals surface area contributed by atoms with Gasteiger partial charge in [0, 0.05) is 0 Å². The number of hydrogen-bond acceptors (Lipinski definition) is 2. The predicted octanol–water partition coefficient (Wildman–Crippen LogP) is 9.04. The summed E-state index contributed by atoms with van der Waals surface area (Å²) in [5.74, 6) is 3.72. The van der Waals surface area contributed by atoms with Gasteiger partial charge in [-0.2, -0.15) is 0 Å². The summed E-state index contributed by atoms with van der Waals surface area (Å²) in [6, 6.07) is 7.20. The molecular weight excluding hydrogens is 384 g/mol. The first-order chi connectivity index (χ1) is 15.1. The van der Waals surface area contributed by atoms with Gasteiger partial charge < -0.3 is 9.84 Å². The molecule has 2 saturated carbocycles. The van der Waals surface area contributed by atoms with Crippen molar-refractivity contribution in [3.63, 3.8) is 0 Å². The van der Waals surface area contributed by atoms with Crippen LogP contribution in [0.15, 0.2) is 24.3 Å². The third kappa shape index (κ3) is 10.6. The normalized spacial score (nSPS) is 21.7. The highest BCUT2D eigenvalue weighted by Gasteiger charge is 2.28. The summed E-state index contributed by atoms with van der Waals surface area (Å²) < 4.78 is 4.51. The second-order valence-corrected chi connectivity index (χ2v) is 9.79. The highest BCUT2D eigenvalue weighted by molar-refractivity contribution is 5.61. The summed E-state index contributed by atoms with van der Waals surface area (Å²) in [6.45, 7) is 4.50. The Kier molecular flexibility index (Phi) is 12.7. The van der Waals surface area contributed by atoms with Crippen LogP contribution in [0.25, 0.3) is 0 Å². The summed E-state index contributed by atoms with van der Waals surface area (Å²) >= 11 is 0. The molecule has 3 rings (SSSR count). The highest BCUT2D eigenvalue weighted by Crippen LogP contribution is 2.40. The summed E-state index contributed by atoms with van der Waals surface area (Å²) in [7, 11) is 0. The van der Waals surface area contributed by atoms with Crippen LogP contribution in [0.2, 0.25) is 0 Å². The molecule has 2 fully saturated rings. The van der Waals surface area contributed by atoms with Crippen molar-refractivity contribution in [1.82, 2.24) is 0 Å². The zero-order valence-electron chi connectivity index (χ0n) is 20.1. The molecule has 0 aromatic heterocycles. The van der Waals surface area contributed by atoms with E-state index in [4.69, 9.17) is 5.11 Å². The summed E-state index contributed by atoms with van der Waals surface area (Å²) in [6.07, 6.45) is 21.7. The van der Waals surface area contributed by atoms with E-state index in [0.29, 0.717) is 5.75 Å². The van der Waals surface area contributed by atoms with Gasteiger partial charge in [-0.3, -0.25) is 0 Å². The van der Waals surface area contributed by atoms with Crippen LogP contribution in [-0.2, 0) is 6.42 Å². The van der Waals surface area contributed by atoms with Crippen LogP contribution < -0.4 is 4.74 Å². The molecule has 0 amide bonds. The van der Waals surface area contributed by atoms with E-state index in [1.54, 1.807) is 50.7 Å². The van der Waals surface area contributed by atoms with Crippen molar-refractivity contribution in [3.05, 3.63) is 29.8 Å². The van der Waals surface area contributed by atoms with E-state index >= 15 is 0 Å². The van der Waals surface area contributed by atoms with E-state index in [0.717, 1.165) is 24.2 Å². The fourth-order valence-electron chi connectivity index (χ4n) is 5.45. The van der Waals surface area contributed by atoms with Crippen molar-refractivity contribution in [2.75, 3.05) is 0 Å². The molecule has 3 heteroatoms. The average molecular weight is 431 g/mol. The minimum atomic E-state index is -1.27. The zero-order chi connectivity index (χ0) is 22.3. The molecule has 0 saturated heterocycles. The van der Waals surface area contributed by atoms with Crippen LogP contribution in [-0.4, -0.2) is 11.3 Å². The Morgan fingerprint density at radius 3 is 2.03 bits per heavy atom. The number of carboxylic acid groups (broad SMARTS) is 1. The molecule has 0 aliphatic heterocycles. The third-order valence-corrected chi connectivity index (χ3v) is 7.37. The quantitative estimate of drug-likeness (QED) is 0.241. The molecule has 0 bridgehead atoms. The Balaban J connectivity index is 0.000000221. The first kappa shape index (κ1) is 25.7. The van der Waals surface area contributed by atoms with Crippen LogP contribution in [0.1, 0.15) is 116 Å². The topological polar surface area (TPSA) is 46.5 Å². The molecule has 1 N–H and O–H groups in total. The van der Waals surface area contributed by atoms with E-state index in [2.05, 4.69) is 18.6 Å². The Morgan fingerprint density at radius 2 is 1.45 bits per heavy atom. The van der Waals surface area contributed by atoms with Crippen LogP contribution in [0, 0.1) is 17.8 Å². The van der Waals surface area contributed by atoms with E-state index in [1.807, 2.05) is 12.1 Å². The molecule has 176 valence electrons. The Labute approximate surface area is 191 Å². The molecule has 0 atom stereocenters. The standard InChI is InChI=1S/C16H30.C12H16O3/c1-2-3-7-14-10-12-16(13-11-14)15-8-5-4-6-9-15;1-2-3-4-5-10-6-8-11(9-7-10)15-12(13)14/h14-16H,2-13H2,1H3;6-9H,2-5H2,1H3,(H,13,14). The van der Waals surface area contributed by atoms with Crippen LogP contribution in [0.4, 0.5) is 4.79 Å². The van der Waals surface area contributed by atoms with Gasteiger partial charge in [0.2, 0.25) is 0 Å². The Morgan fingerprint density at radius 1 is 0.839 bits per heavy atom. The Bertz CT molecular complexity index is 581. The smallest absolute Gasteiger partial charge is 0.449 e. The van der Waals surface area contributed by atoms with Gasteiger partial charge in [0.1, 0.15) is 5.75 Å². The number of unbranched alkanes of at least 4 members (excludes halogenated alkanes) is 3. The first-order valence-electron chi connectivity index (χ1n) is 13.1. The van der Waals surface area contributed by atoms with E-state index < -0.39 is 6.16 Å². The minimum Gasteiger partial charge on any atom is -0.449 e. The number of carbonyl (C=O) groups is 1. The van der Waals surface area contributed by atoms with E-state index in [1.165, 1.54) is 63.4 Å². The highest BCUT2D eigenvalue weighted by atomic mass is 16.7. The lowest BCUT2D eigenvalue weighted by molar-refractivity contribution is 0.144. The Hall–Kier alpha value is -1.51. The van der Waals surface area contributed by atoms with Crippen molar-refractivity contribution >= 4 is 6.16 Å². The molecule has 2 aliphatic carbocycles. The maximum absolute atomic E-state index is 10.2. The van der Waals surface area contributed by atoms with Crippen molar-refractivity contribution in [1.29, 1.82) is 0 Å². The third-order valence-electron chi connectivity index (χ3n) is 7.37. The minimum absolute atomic E-state index is 0.377. The van der Waals surface area contributed by atoms with Crippen molar-refractivity contribution in [2.45, 2.75) is 117 Å². The molecule has 1 aromatic carbocycles. The van der Waals surface area contributed by atoms with Crippen LogP contribution >= 0.6 is 0 Å². The van der Waals surface area contributed by atoms with Gasteiger partial charge in [0.15, 0.2) is 0 Å². The summed E-state index contributed by atoms with van der Waals surface area (Å²) in [5.41, 5.74) is 1.22. The molecule has 2 aliphatic rings. The molecule has 0 spiro atoms. The summed E-state index contributed by atoms with van der Waals surface area (Å²) in [5, 5.41) is 8.39. The fourth-order valence-corrected chi connectivity index (χ4v) is 5.45. The van der Waals surface area contributed by atoms with Gasteiger partial charge in [-0.15, -0.1) is 0 Å². The number of ether oxygens (including phenoxy) is 1. The van der Waals surface area contributed by atoms with E-state index in [-0.39, 0.29) is 0 Å². The second-order valence-electron chi connectivity index (χ2n) is 9.79. The maximum atomic E-state index is 10.2. The molecule has 0 heterocycles. The van der Waals surface area contributed by atoms with Gasteiger partial charge in [0.05, 0.1) is 0 Å². The number of aryl methyl sites for hydroxylation is 1. The SMILES string of the molecule is CCCCC1CCC(C2CCCCC2)CC1.CCCCCc1ccc(OC(=O)O)cc1. The van der Waals surface area contributed by atoms with Crippen LogP contribution in [0.3, 0.4) is 0 Å². The predicted molar refractivity (Wildman–Crippen MR) is 130 cm³/mol. The number of rotatable bonds is 9. The molecule has 1 aromatic rings. The van der Waals surface area contributed by atoms with Crippen LogP contribution in [0.5, 0.6) is 5.75 Å².